The SMILES string of the molecule is Cc1ccc(C(C)C)cc1-c1ccnc(CCCN)n1. The Labute approximate surface area is 121 Å². The minimum Gasteiger partial charge on any atom is -0.330 e. The molecule has 0 spiro atoms. The normalized spacial score (nSPS) is 11.1. The van der Waals surface area contributed by atoms with Crippen molar-refractivity contribution in [3.63, 3.8) is 0 Å². The molecule has 0 bridgehead atoms. The highest BCUT2D eigenvalue weighted by molar-refractivity contribution is 5.64. The first-order chi connectivity index (χ1) is 9.61. The predicted octanol–water partition coefficient (Wildman–Crippen LogP) is 3.47. The van der Waals surface area contributed by atoms with Gasteiger partial charge in [0.1, 0.15) is 5.82 Å². The summed E-state index contributed by atoms with van der Waals surface area (Å²) < 4.78 is 0. The van der Waals surface area contributed by atoms with Gasteiger partial charge >= 0.3 is 0 Å². The van der Waals surface area contributed by atoms with Crippen LogP contribution in [-0.2, 0) is 6.42 Å². The minimum atomic E-state index is 0.521. The molecule has 0 saturated heterocycles. The zero-order valence-corrected chi connectivity index (χ0v) is 12.6. The third-order valence-corrected chi connectivity index (χ3v) is 3.51. The van der Waals surface area contributed by atoms with E-state index >= 15 is 0 Å². The molecule has 3 heteroatoms. The average molecular weight is 269 g/mol. The lowest BCUT2D eigenvalue weighted by Crippen LogP contribution is -2.04. The van der Waals surface area contributed by atoms with E-state index < -0.39 is 0 Å². The molecule has 0 saturated carbocycles. The number of aromatic nitrogens is 2. The summed E-state index contributed by atoms with van der Waals surface area (Å²) in [6, 6.07) is 8.60. The molecule has 1 heterocycles. The Morgan fingerprint density at radius 3 is 2.70 bits per heavy atom. The van der Waals surface area contributed by atoms with E-state index in [0.29, 0.717) is 12.5 Å². The van der Waals surface area contributed by atoms with Gasteiger partial charge in [0.25, 0.3) is 0 Å². The highest BCUT2D eigenvalue weighted by Gasteiger charge is 2.08. The van der Waals surface area contributed by atoms with E-state index in [9.17, 15) is 0 Å². The van der Waals surface area contributed by atoms with Crippen molar-refractivity contribution in [2.24, 2.45) is 5.73 Å². The zero-order valence-electron chi connectivity index (χ0n) is 12.6. The monoisotopic (exact) mass is 269 g/mol. The topological polar surface area (TPSA) is 51.8 Å². The van der Waals surface area contributed by atoms with E-state index in [1.165, 1.54) is 16.7 Å². The maximum Gasteiger partial charge on any atom is 0.128 e. The van der Waals surface area contributed by atoms with Crippen molar-refractivity contribution in [3.05, 3.63) is 47.4 Å². The minimum absolute atomic E-state index is 0.521. The molecule has 0 aliphatic carbocycles. The lowest BCUT2D eigenvalue weighted by atomic mass is 9.96. The van der Waals surface area contributed by atoms with Crippen molar-refractivity contribution >= 4 is 0 Å². The summed E-state index contributed by atoms with van der Waals surface area (Å²) in [5.41, 5.74) is 10.3. The second kappa shape index (κ2) is 6.62. The van der Waals surface area contributed by atoms with Gasteiger partial charge in [-0.25, -0.2) is 9.97 Å². The molecule has 1 aromatic carbocycles. The number of benzene rings is 1. The molecule has 0 atom stereocenters. The molecule has 2 aromatic rings. The van der Waals surface area contributed by atoms with E-state index in [-0.39, 0.29) is 0 Å². The first-order valence-corrected chi connectivity index (χ1v) is 7.24. The molecular formula is C17H23N3. The summed E-state index contributed by atoms with van der Waals surface area (Å²) in [5.74, 6) is 1.40. The Morgan fingerprint density at radius 1 is 1.20 bits per heavy atom. The van der Waals surface area contributed by atoms with Crippen LogP contribution in [0.15, 0.2) is 30.5 Å². The van der Waals surface area contributed by atoms with Crippen LogP contribution in [0.25, 0.3) is 11.3 Å². The van der Waals surface area contributed by atoms with Crippen molar-refractivity contribution in [1.82, 2.24) is 9.97 Å². The predicted molar refractivity (Wildman–Crippen MR) is 83.7 cm³/mol. The van der Waals surface area contributed by atoms with Crippen LogP contribution in [0.3, 0.4) is 0 Å². The van der Waals surface area contributed by atoms with Gasteiger partial charge in [0, 0.05) is 18.2 Å². The summed E-state index contributed by atoms with van der Waals surface area (Å²) in [6.07, 6.45) is 3.61. The van der Waals surface area contributed by atoms with E-state index in [1.54, 1.807) is 0 Å². The van der Waals surface area contributed by atoms with Gasteiger partial charge in [-0.15, -0.1) is 0 Å². The Kier molecular flexibility index (Phi) is 4.85. The van der Waals surface area contributed by atoms with Gasteiger partial charge in [0.05, 0.1) is 5.69 Å². The van der Waals surface area contributed by atoms with Crippen LogP contribution in [0.2, 0.25) is 0 Å². The summed E-state index contributed by atoms with van der Waals surface area (Å²) in [7, 11) is 0. The maximum absolute atomic E-state index is 5.55. The first kappa shape index (κ1) is 14.7. The molecule has 2 N–H and O–H groups in total. The lowest BCUT2D eigenvalue weighted by Gasteiger charge is -2.11. The van der Waals surface area contributed by atoms with Gasteiger partial charge in [-0.05, 0) is 49.1 Å². The fourth-order valence-corrected chi connectivity index (χ4v) is 2.20. The van der Waals surface area contributed by atoms with Gasteiger partial charge in [0.15, 0.2) is 0 Å². The Bertz CT molecular complexity index is 576. The first-order valence-electron chi connectivity index (χ1n) is 7.24. The van der Waals surface area contributed by atoms with Crippen molar-refractivity contribution < 1.29 is 0 Å². The molecule has 0 radical (unpaired) electrons. The summed E-state index contributed by atoms with van der Waals surface area (Å²) in [6.45, 7) is 7.22. The summed E-state index contributed by atoms with van der Waals surface area (Å²) in [4.78, 5) is 9.00. The molecular weight excluding hydrogens is 246 g/mol. The van der Waals surface area contributed by atoms with Crippen LogP contribution in [-0.4, -0.2) is 16.5 Å². The second-order valence-corrected chi connectivity index (χ2v) is 5.48. The summed E-state index contributed by atoms with van der Waals surface area (Å²) in [5, 5.41) is 0. The van der Waals surface area contributed by atoms with Gasteiger partial charge in [0.2, 0.25) is 0 Å². The van der Waals surface area contributed by atoms with Crippen LogP contribution < -0.4 is 5.73 Å². The second-order valence-electron chi connectivity index (χ2n) is 5.48. The molecule has 0 unspecified atom stereocenters. The molecule has 106 valence electrons. The lowest BCUT2D eigenvalue weighted by molar-refractivity contribution is 0.782. The van der Waals surface area contributed by atoms with Crippen LogP contribution in [0, 0.1) is 6.92 Å². The Balaban J connectivity index is 2.37. The third kappa shape index (κ3) is 3.42. The van der Waals surface area contributed by atoms with Crippen LogP contribution in [0.4, 0.5) is 0 Å². The standard InChI is InChI=1S/C17H23N3/c1-12(2)14-7-6-13(3)15(11-14)16-8-10-19-17(20-16)5-4-9-18/h6-8,10-12H,4-5,9,18H2,1-3H3. The van der Waals surface area contributed by atoms with Crippen molar-refractivity contribution in [2.75, 3.05) is 6.54 Å². The number of aryl methyl sites for hydroxylation is 2. The number of nitrogens with two attached hydrogens (primary N) is 1. The van der Waals surface area contributed by atoms with Gasteiger partial charge < -0.3 is 5.73 Å². The van der Waals surface area contributed by atoms with Gasteiger partial charge in [-0.2, -0.15) is 0 Å². The molecule has 2 rings (SSSR count). The molecule has 20 heavy (non-hydrogen) atoms. The smallest absolute Gasteiger partial charge is 0.128 e. The number of hydrogen-bond donors (Lipinski definition) is 1. The Hall–Kier alpha value is -1.74. The van der Waals surface area contributed by atoms with Crippen molar-refractivity contribution in [2.45, 2.75) is 39.5 Å². The fourth-order valence-electron chi connectivity index (χ4n) is 2.20. The highest BCUT2D eigenvalue weighted by Crippen LogP contribution is 2.26. The highest BCUT2D eigenvalue weighted by atomic mass is 14.9. The number of nitrogens with zero attached hydrogens (tertiary/aromatic N) is 2. The maximum atomic E-state index is 5.55. The van der Waals surface area contributed by atoms with Crippen molar-refractivity contribution in [3.8, 4) is 11.3 Å². The van der Waals surface area contributed by atoms with E-state index in [2.05, 4.69) is 48.9 Å². The summed E-state index contributed by atoms with van der Waals surface area (Å²) >= 11 is 0. The van der Waals surface area contributed by atoms with E-state index in [1.807, 2.05) is 12.3 Å². The third-order valence-electron chi connectivity index (χ3n) is 3.51. The average Bonchev–Trinajstić information content (AvgIpc) is 2.45. The molecule has 1 aromatic heterocycles. The Morgan fingerprint density at radius 2 is 2.00 bits per heavy atom. The number of hydrogen-bond acceptors (Lipinski definition) is 3. The van der Waals surface area contributed by atoms with E-state index in [0.717, 1.165) is 24.4 Å². The fraction of sp³-hybridized carbons (Fsp3) is 0.412. The van der Waals surface area contributed by atoms with Gasteiger partial charge in [-0.3, -0.25) is 0 Å². The largest absolute Gasteiger partial charge is 0.330 e. The quantitative estimate of drug-likeness (QED) is 0.904. The molecule has 3 nitrogen and oxygen atoms in total. The van der Waals surface area contributed by atoms with Gasteiger partial charge in [-0.1, -0.05) is 26.0 Å². The van der Waals surface area contributed by atoms with Crippen LogP contribution >= 0.6 is 0 Å². The molecule has 0 aliphatic heterocycles. The molecule has 0 amide bonds. The van der Waals surface area contributed by atoms with Crippen LogP contribution in [0.1, 0.15) is 43.1 Å². The molecule has 0 aliphatic rings. The van der Waals surface area contributed by atoms with Crippen LogP contribution in [0.5, 0.6) is 0 Å². The van der Waals surface area contributed by atoms with E-state index in [4.69, 9.17) is 5.73 Å². The zero-order chi connectivity index (χ0) is 14.5. The number of rotatable bonds is 5. The van der Waals surface area contributed by atoms with Crippen molar-refractivity contribution in [1.29, 1.82) is 0 Å². The molecule has 0 fully saturated rings.